The monoisotopic (exact) mass is 483 g/mol. The second-order valence-electron chi connectivity index (χ2n) is 11.2. The molecule has 0 spiro atoms. The largest absolute Gasteiger partial charge is 0.478 e. The first-order valence-electron chi connectivity index (χ1n) is 13.7. The zero-order valence-corrected chi connectivity index (χ0v) is 21.5. The molecule has 2 aliphatic rings. The molecule has 36 heavy (non-hydrogen) atoms. The molecule has 2 aromatic heterocycles. The number of nitrogens with one attached hydrogen (secondary N) is 1. The molecule has 0 radical (unpaired) electrons. The third-order valence-corrected chi connectivity index (χ3v) is 8.25. The number of hydrogen-bond acceptors (Lipinski definition) is 2. The molecule has 0 amide bonds. The second kappa shape index (κ2) is 9.44. The Balaban J connectivity index is 1.60. The van der Waals surface area contributed by atoms with Gasteiger partial charge in [-0.15, -0.1) is 0 Å². The first-order valence-corrected chi connectivity index (χ1v) is 13.7. The summed E-state index contributed by atoms with van der Waals surface area (Å²) in [4.78, 5) is 11.9. The van der Waals surface area contributed by atoms with Crippen LogP contribution in [0.5, 0.6) is 0 Å². The SMILES string of the molecule is CC(C)CNCc1cn2c3c(cccc13)-c1c(C3CCCCC3)c3ccc(C(=O)O)cc3n1CCC2. The van der Waals surface area contributed by atoms with E-state index in [4.69, 9.17) is 0 Å². The fourth-order valence-corrected chi connectivity index (χ4v) is 6.67. The van der Waals surface area contributed by atoms with E-state index in [9.17, 15) is 9.90 Å². The van der Waals surface area contributed by atoms with Gasteiger partial charge in [-0.05, 0) is 60.9 Å². The maximum absolute atomic E-state index is 11.9. The van der Waals surface area contributed by atoms with E-state index in [2.05, 4.69) is 58.8 Å². The number of fused-ring (bicyclic) bond motifs is 4. The minimum atomic E-state index is -0.855. The van der Waals surface area contributed by atoms with E-state index >= 15 is 0 Å². The number of carbonyl (C=O) groups is 1. The molecule has 2 aromatic carbocycles. The molecule has 6 rings (SSSR count). The van der Waals surface area contributed by atoms with Crippen LogP contribution in [0, 0.1) is 5.92 Å². The summed E-state index contributed by atoms with van der Waals surface area (Å²) >= 11 is 0. The lowest BCUT2D eigenvalue weighted by atomic mass is 9.81. The molecule has 1 aliphatic heterocycles. The van der Waals surface area contributed by atoms with Crippen molar-refractivity contribution in [1.29, 1.82) is 0 Å². The quantitative estimate of drug-likeness (QED) is 0.306. The van der Waals surface area contributed by atoms with Crippen molar-refractivity contribution in [3.05, 3.63) is 59.3 Å². The van der Waals surface area contributed by atoms with E-state index in [1.807, 2.05) is 6.07 Å². The van der Waals surface area contributed by atoms with Crippen molar-refractivity contribution in [1.82, 2.24) is 14.5 Å². The Morgan fingerprint density at radius 3 is 2.67 bits per heavy atom. The molecule has 0 saturated heterocycles. The minimum Gasteiger partial charge on any atom is -0.478 e. The highest BCUT2D eigenvalue weighted by molar-refractivity contribution is 6.03. The topological polar surface area (TPSA) is 59.2 Å². The van der Waals surface area contributed by atoms with Crippen LogP contribution in [-0.4, -0.2) is 26.8 Å². The molecule has 0 bridgehead atoms. The molecule has 1 saturated carbocycles. The predicted molar refractivity (Wildman–Crippen MR) is 147 cm³/mol. The van der Waals surface area contributed by atoms with Crippen LogP contribution in [0.3, 0.4) is 0 Å². The number of benzene rings is 2. The summed E-state index contributed by atoms with van der Waals surface area (Å²) in [7, 11) is 0. The fraction of sp³-hybridized carbons (Fsp3) is 0.452. The van der Waals surface area contributed by atoms with Crippen LogP contribution in [0.4, 0.5) is 0 Å². The number of rotatable bonds is 6. The third-order valence-electron chi connectivity index (χ3n) is 8.25. The average Bonchev–Trinajstić information content (AvgIpc) is 3.38. The van der Waals surface area contributed by atoms with Crippen molar-refractivity contribution in [3.8, 4) is 11.3 Å². The van der Waals surface area contributed by atoms with Crippen LogP contribution < -0.4 is 5.32 Å². The van der Waals surface area contributed by atoms with Gasteiger partial charge in [-0.3, -0.25) is 0 Å². The van der Waals surface area contributed by atoms with Gasteiger partial charge in [0.25, 0.3) is 0 Å². The third kappa shape index (κ3) is 3.94. The van der Waals surface area contributed by atoms with Crippen LogP contribution in [0.1, 0.15) is 79.8 Å². The Hall–Kier alpha value is -3.05. The van der Waals surface area contributed by atoms with Crippen molar-refractivity contribution < 1.29 is 9.90 Å². The highest BCUT2D eigenvalue weighted by Crippen LogP contribution is 2.46. The number of nitrogens with zero attached hydrogens (tertiary/aromatic N) is 2. The number of aryl methyl sites for hydroxylation is 2. The van der Waals surface area contributed by atoms with Crippen LogP contribution in [0.15, 0.2) is 42.6 Å². The maximum Gasteiger partial charge on any atom is 0.335 e. The van der Waals surface area contributed by atoms with Gasteiger partial charge in [-0.1, -0.05) is 57.4 Å². The molecule has 5 heteroatoms. The smallest absolute Gasteiger partial charge is 0.335 e. The standard InChI is InChI=1S/C31H37N3O2/c1-20(2)17-32-18-23-19-33-14-7-15-34-27-16-22(31(35)36)12-13-25(27)28(21-8-4-3-5-9-21)30(34)26-11-6-10-24(23)29(26)33/h6,10-13,16,19-21,32H,3-5,7-9,14-15,17-18H2,1-2H3,(H,35,36). The van der Waals surface area contributed by atoms with Gasteiger partial charge in [0.1, 0.15) is 0 Å². The van der Waals surface area contributed by atoms with Crippen LogP contribution in [0.2, 0.25) is 0 Å². The molecule has 2 N–H and O–H groups in total. The van der Waals surface area contributed by atoms with Gasteiger partial charge in [-0.2, -0.15) is 0 Å². The van der Waals surface area contributed by atoms with E-state index < -0.39 is 5.97 Å². The summed E-state index contributed by atoms with van der Waals surface area (Å²) in [6, 6.07) is 12.6. The maximum atomic E-state index is 11.9. The van der Waals surface area contributed by atoms with Crippen molar-refractivity contribution in [2.24, 2.45) is 5.92 Å². The number of carboxylic acid groups (broad SMARTS) is 1. The number of hydrogen-bond donors (Lipinski definition) is 2. The molecular formula is C31H37N3O2. The Morgan fingerprint density at radius 1 is 1.06 bits per heavy atom. The van der Waals surface area contributed by atoms with Crippen molar-refractivity contribution in [2.75, 3.05) is 6.54 Å². The van der Waals surface area contributed by atoms with Crippen molar-refractivity contribution >= 4 is 27.8 Å². The summed E-state index contributed by atoms with van der Waals surface area (Å²) in [5.41, 5.74) is 8.23. The Bertz CT molecular complexity index is 1440. The lowest BCUT2D eigenvalue weighted by Crippen LogP contribution is -2.18. The van der Waals surface area contributed by atoms with Gasteiger partial charge in [0.15, 0.2) is 0 Å². The van der Waals surface area contributed by atoms with Crippen LogP contribution in [-0.2, 0) is 19.6 Å². The number of carboxylic acids is 1. The summed E-state index contributed by atoms with van der Waals surface area (Å²) < 4.78 is 4.93. The molecule has 5 nitrogen and oxygen atoms in total. The number of aromatic carboxylic acids is 1. The normalized spacial score (nSPS) is 16.4. The second-order valence-corrected chi connectivity index (χ2v) is 11.2. The molecule has 4 aromatic rings. The van der Waals surface area contributed by atoms with E-state index in [1.165, 1.54) is 70.8 Å². The van der Waals surface area contributed by atoms with E-state index in [0.717, 1.165) is 38.1 Å². The summed E-state index contributed by atoms with van der Waals surface area (Å²) in [5.74, 6) is 0.297. The van der Waals surface area contributed by atoms with E-state index in [-0.39, 0.29) is 0 Å². The Morgan fingerprint density at radius 2 is 1.89 bits per heavy atom. The molecule has 3 heterocycles. The molecule has 1 aliphatic carbocycles. The molecule has 0 atom stereocenters. The van der Waals surface area contributed by atoms with Gasteiger partial charge in [0, 0.05) is 47.7 Å². The summed E-state index contributed by atoms with van der Waals surface area (Å²) in [5, 5.41) is 16.0. The van der Waals surface area contributed by atoms with Gasteiger partial charge in [0.2, 0.25) is 0 Å². The fourth-order valence-electron chi connectivity index (χ4n) is 6.67. The highest BCUT2D eigenvalue weighted by Gasteiger charge is 2.29. The number of aromatic nitrogens is 2. The average molecular weight is 484 g/mol. The zero-order valence-electron chi connectivity index (χ0n) is 21.5. The minimum absolute atomic E-state index is 0.375. The highest BCUT2D eigenvalue weighted by atomic mass is 16.4. The molecule has 1 fully saturated rings. The van der Waals surface area contributed by atoms with Gasteiger partial charge in [-0.25, -0.2) is 4.79 Å². The summed E-state index contributed by atoms with van der Waals surface area (Å²) in [6.07, 6.45) is 9.69. The zero-order chi connectivity index (χ0) is 24.8. The van der Waals surface area contributed by atoms with Gasteiger partial charge >= 0.3 is 5.97 Å². The van der Waals surface area contributed by atoms with Gasteiger partial charge in [0.05, 0.1) is 16.8 Å². The predicted octanol–water partition coefficient (Wildman–Crippen LogP) is 7.16. The Kier molecular flexibility index (Phi) is 6.12. The van der Waals surface area contributed by atoms with Crippen molar-refractivity contribution in [2.45, 2.75) is 77.9 Å². The van der Waals surface area contributed by atoms with Crippen LogP contribution in [0.25, 0.3) is 33.1 Å². The number of para-hydroxylation sites is 1. The molecule has 0 unspecified atom stereocenters. The van der Waals surface area contributed by atoms with E-state index in [1.54, 1.807) is 6.07 Å². The van der Waals surface area contributed by atoms with Crippen LogP contribution >= 0.6 is 0 Å². The van der Waals surface area contributed by atoms with Crippen molar-refractivity contribution in [3.63, 3.8) is 0 Å². The molecular weight excluding hydrogens is 446 g/mol. The first kappa shape index (κ1) is 23.4. The van der Waals surface area contributed by atoms with E-state index in [0.29, 0.717) is 17.4 Å². The molecule has 188 valence electrons. The lowest BCUT2D eigenvalue weighted by molar-refractivity contribution is 0.0697. The summed E-state index contributed by atoms with van der Waals surface area (Å²) in [6.45, 7) is 8.26. The lowest BCUT2D eigenvalue weighted by Gasteiger charge is -2.25. The first-order chi connectivity index (χ1) is 17.5. The van der Waals surface area contributed by atoms with Gasteiger partial charge < -0.3 is 19.6 Å². The Labute approximate surface area is 213 Å².